The fraction of sp³-hybridized carbons (Fsp3) is 0.0435. The second-order valence-corrected chi connectivity index (χ2v) is 17.6. The minimum absolute atomic E-state index is 0. The van der Waals surface area contributed by atoms with Crippen LogP contribution in [0, 0.1) is 49.4 Å². The Kier molecular flexibility index (Phi) is 21.7. The van der Waals surface area contributed by atoms with Gasteiger partial charge >= 0.3 is 0 Å². The van der Waals surface area contributed by atoms with E-state index in [9.17, 15) is 28.8 Å². The van der Waals surface area contributed by atoms with Crippen molar-refractivity contribution in [2.75, 3.05) is 0 Å². The summed E-state index contributed by atoms with van der Waals surface area (Å²) in [4.78, 5) is 80.2. The number of pyridine rings is 2. The van der Waals surface area contributed by atoms with Gasteiger partial charge in [-0.25, -0.2) is 0 Å². The predicted molar refractivity (Wildman–Crippen MR) is 306 cm³/mol. The van der Waals surface area contributed by atoms with Gasteiger partial charge in [-0.1, -0.05) is 255 Å². The third kappa shape index (κ3) is 16.0. The van der Waals surface area contributed by atoms with Crippen LogP contribution in [0.1, 0.15) is 81.4 Å². The van der Waals surface area contributed by atoms with Gasteiger partial charge in [0.05, 0.1) is 30.3 Å². The molecule has 0 spiro atoms. The zero-order valence-electron chi connectivity index (χ0n) is 42.4. The fourth-order valence-electron chi connectivity index (χ4n) is 8.36. The largest absolute Gasteiger partial charge is 0.294 e. The van der Waals surface area contributed by atoms with Gasteiger partial charge in [0.25, 0.3) is 0 Å². The van der Waals surface area contributed by atoms with Gasteiger partial charge in [0, 0.05) is 106 Å². The van der Waals surface area contributed by atoms with Gasteiger partial charge in [0.2, 0.25) is 0 Å². The van der Waals surface area contributed by atoms with Gasteiger partial charge < -0.3 is 0 Å². The first-order valence-corrected chi connectivity index (χ1v) is 25.0. The normalized spacial score (nSPS) is 10.2. The Morgan fingerprint density at radius 1 is 0.244 bits per heavy atom. The average molecular weight is 1160 g/mol. The molecule has 0 unspecified atom stereocenters. The van der Waals surface area contributed by atoms with Gasteiger partial charge in [0.15, 0.2) is 34.7 Å². The summed E-state index contributed by atoms with van der Waals surface area (Å²) in [6.45, 7) is 0. The Morgan fingerprint density at radius 3 is 0.641 bits per heavy atom. The molecule has 2 aromatic heterocycles. The number of fused-ring (bicyclic) bond motifs is 3. The van der Waals surface area contributed by atoms with E-state index in [1.807, 2.05) is 60.9 Å². The fourth-order valence-corrected chi connectivity index (χ4v) is 8.36. The van der Waals surface area contributed by atoms with E-state index in [4.69, 9.17) is 0 Å². The van der Waals surface area contributed by atoms with Gasteiger partial charge in [0.1, 0.15) is 0 Å². The minimum atomic E-state index is -0.139. The summed E-state index contributed by atoms with van der Waals surface area (Å²) >= 11 is 0. The first-order chi connectivity index (χ1) is 37.7. The summed E-state index contributed by atoms with van der Waals surface area (Å²) in [6, 6.07) is 82.6. The molecule has 0 fully saturated rings. The summed E-state index contributed by atoms with van der Waals surface area (Å²) in [5.41, 5.74) is 10.1. The van der Waals surface area contributed by atoms with Crippen molar-refractivity contribution in [1.82, 2.24) is 9.97 Å². The maximum Gasteiger partial charge on any atom is 0.170 e. The van der Waals surface area contributed by atoms with Crippen molar-refractivity contribution >= 4 is 56.5 Å². The van der Waals surface area contributed by atoms with E-state index >= 15 is 0 Å². The Labute approximate surface area is 494 Å². The number of aromatic nitrogens is 2. The molecule has 0 N–H and O–H groups in total. The molecule has 11 rings (SSSR count). The van der Waals surface area contributed by atoms with Crippen LogP contribution in [0.25, 0.3) is 44.1 Å². The maximum atomic E-state index is 11.8. The zero-order chi connectivity index (χ0) is 53.6. The molecule has 0 amide bonds. The number of Topliss-reactive ketones (excluding diaryl/α,β-unsaturated/α-hetero) is 6. The molecule has 78 heavy (non-hydrogen) atoms. The Balaban J connectivity index is 0.000000154. The van der Waals surface area contributed by atoms with Crippen molar-refractivity contribution in [3.8, 4) is 22.3 Å². The number of benzene rings is 9. The zero-order valence-corrected chi connectivity index (χ0v) is 44.8. The molecule has 9 aromatic carbocycles. The molecule has 0 aliphatic rings. The Hall–Kier alpha value is -8.60. The van der Waals surface area contributed by atoms with Gasteiger partial charge in [-0.2, -0.15) is 0 Å². The number of carbonyl (C=O) groups excluding carboxylic acids is 6. The standard InChI is InChI=1S/C24H16N2.3C15H12O2.Eu/c1-3-7-17(8-4-1)19-13-15-25-23-21(19)11-12-22-20(14-16-26-24(22)23)18-9-5-2-6-10-18;3*16-14(12-7-3-1-4-8-12)11-15(17)13-9-5-2-6-10-13;/h1-16H;3*1-10H,11H2;. The molecule has 0 aliphatic heterocycles. The number of carbonyl (C=O) groups is 6. The molecule has 0 aliphatic carbocycles. The van der Waals surface area contributed by atoms with Crippen LogP contribution in [-0.4, -0.2) is 44.7 Å². The topological polar surface area (TPSA) is 128 Å². The minimum Gasteiger partial charge on any atom is -0.294 e. The second kappa shape index (κ2) is 29.6. The predicted octanol–water partition coefficient (Wildman–Crippen LogP) is 15.5. The van der Waals surface area contributed by atoms with Crippen LogP contribution in [0.2, 0.25) is 0 Å². The third-order valence-corrected chi connectivity index (χ3v) is 12.3. The van der Waals surface area contributed by atoms with Crippen LogP contribution >= 0.6 is 0 Å². The summed E-state index contributed by atoms with van der Waals surface area (Å²) in [5, 5.41) is 2.26. The maximum absolute atomic E-state index is 11.8. The van der Waals surface area contributed by atoms with E-state index in [0.29, 0.717) is 33.4 Å². The molecule has 0 bridgehead atoms. The molecule has 11 aromatic rings. The Bertz CT molecular complexity index is 3250. The van der Waals surface area contributed by atoms with E-state index in [-0.39, 0.29) is 103 Å². The van der Waals surface area contributed by atoms with E-state index in [2.05, 4.69) is 82.8 Å². The molecule has 0 saturated heterocycles. The molecule has 0 atom stereocenters. The monoisotopic (exact) mass is 1160 g/mol. The number of ketones is 6. The van der Waals surface area contributed by atoms with Crippen LogP contribution in [0.5, 0.6) is 0 Å². The molecule has 381 valence electrons. The van der Waals surface area contributed by atoms with E-state index in [1.165, 1.54) is 22.3 Å². The molecular weight excluding hydrogens is 1100 g/mol. The summed E-state index contributed by atoms with van der Waals surface area (Å²) < 4.78 is 0. The molecule has 8 nitrogen and oxygen atoms in total. The van der Waals surface area contributed by atoms with Gasteiger partial charge in [-0.3, -0.25) is 38.7 Å². The first-order valence-electron chi connectivity index (χ1n) is 25.0. The second-order valence-electron chi connectivity index (χ2n) is 17.6. The summed E-state index contributed by atoms with van der Waals surface area (Å²) in [5.74, 6) is -0.836. The molecule has 1 radical (unpaired) electrons. The van der Waals surface area contributed by atoms with Crippen molar-refractivity contribution in [1.29, 1.82) is 0 Å². The number of nitrogens with zero attached hydrogens (tertiary/aromatic N) is 2. The summed E-state index contributed by atoms with van der Waals surface area (Å²) in [6.07, 6.45) is 3.53. The smallest absolute Gasteiger partial charge is 0.170 e. The number of hydrogen-bond donors (Lipinski definition) is 0. The first kappa shape index (κ1) is 57.1. The third-order valence-electron chi connectivity index (χ3n) is 12.3. The van der Waals surface area contributed by atoms with Crippen LogP contribution in [0.4, 0.5) is 0 Å². The van der Waals surface area contributed by atoms with Gasteiger partial charge in [-0.15, -0.1) is 0 Å². The quantitative estimate of drug-likeness (QED) is 0.0598. The molecule has 2 heterocycles. The SMILES string of the molecule is O=C(CC(=O)c1ccccc1)c1ccccc1.O=C(CC(=O)c1ccccc1)c1ccccc1.O=C(CC(=O)c1ccccc1)c1ccccc1.[Eu].c1ccc(-c2ccnc3c2ccc2c(-c4ccccc4)ccnc23)cc1. The molecular formula is C69H52EuN2O6. The van der Waals surface area contributed by atoms with Gasteiger partial charge in [-0.05, 0) is 34.4 Å². The Morgan fingerprint density at radius 2 is 0.436 bits per heavy atom. The van der Waals surface area contributed by atoms with Crippen molar-refractivity contribution < 1.29 is 78.1 Å². The van der Waals surface area contributed by atoms with Crippen molar-refractivity contribution in [2.45, 2.75) is 19.3 Å². The van der Waals surface area contributed by atoms with Crippen molar-refractivity contribution in [3.05, 3.63) is 313 Å². The molecule has 0 saturated carbocycles. The summed E-state index contributed by atoms with van der Waals surface area (Å²) in [7, 11) is 0. The number of hydrogen-bond acceptors (Lipinski definition) is 8. The van der Waals surface area contributed by atoms with Crippen molar-refractivity contribution in [3.63, 3.8) is 0 Å². The van der Waals surface area contributed by atoms with Crippen LogP contribution in [0.3, 0.4) is 0 Å². The number of rotatable bonds is 14. The van der Waals surface area contributed by atoms with E-state index in [0.717, 1.165) is 21.8 Å². The van der Waals surface area contributed by atoms with E-state index in [1.54, 1.807) is 146 Å². The average Bonchev–Trinajstić information content (AvgIpc) is 3.51. The van der Waals surface area contributed by atoms with Crippen LogP contribution in [0.15, 0.2) is 279 Å². The van der Waals surface area contributed by atoms with Crippen LogP contribution < -0.4 is 0 Å². The molecule has 9 heteroatoms. The van der Waals surface area contributed by atoms with Crippen molar-refractivity contribution in [2.24, 2.45) is 0 Å². The van der Waals surface area contributed by atoms with E-state index < -0.39 is 0 Å². The van der Waals surface area contributed by atoms with Crippen LogP contribution in [-0.2, 0) is 0 Å².